The Labute approximate surface area is 126 Å². The van der Waals surface area contributed by atoms with Gasteiger partial charge >= 0.3 is 0 Å². The van der Waals surface area contributed by atoms with E-state index in [-0.39, 0.29) is 0 Å². The molecular formula is C19H22N2. The van der Waals surface area contributed by atoms with Crippen LogP contribution in [0.3, 0.4) is 0 Å². The van der Waals surface area contributed by atoms with Crippen LogP contribution in [0.2, 0.25) is 0 Å². The van der Waals surface area contributed by atoms with E-state index in [1.54, 1.807) is 0 Å². The van der Waals surface area contributed by atoms with Gasteiger partial charge in [-0.2, -0.15) is 0 Å². The molecule has 2 aromatic carbocycles. The summed E-state index contributed by atoms with van der Waals surface area (Å²) < 4.78 is 0. The Hall–Kier alpha value is -1.96. The third-order valence-electron chi connectivity index (χ3n) is 4.70. The van der Waals surface area contributed by atoms with Crippen LogP contribution in [0, 0.1) is 0 Å². The number of aryl methyl sites for hydroxylation is 2. The van der Waals surface area contributed by atoms with Gasteiger partial charge in [0, 0.05) is 18.8 Å². The number of fused-ring (bicyclic) bond motifs is 2. The van der Waals surface area contributed by atoms with Crippen molar-refractivity contribution in [2.45, 2.75) is 32.1 Å². The number of nitrogens with one attached hydrogen (secondary N) is 1. The van der Waals surface area contributed by atoms with Gasteiger partial charge in [0.1, 0.15) is 0 Å². The quantitative estimate of drug-likeness (QED) is 0.825. The first-order valence-corrected chi connectivity index (χ1v) is 8.15. The van der Waals surface area contributed by atoms with Crippen molar-refractivity contribution in [2.75, 3.05) is 23.3 Å². The third-order valence-corrected chi connectivity index (χ3v) is 4.70. The predicted molar refractivity (Wildman–Crippen MR) is 89.6 cm³/mol. The fourth-order valence-corrected chi connectivity index (χ4v) is 3.66. The summed E-state index contributed by atoms with van der Waals surface area (Å²) in [5.41, 5.74) is 7.08. The molecule has 2 aromatic rings. The Morgan fingerprint density at radius 1 is 0.762 bits per heavy atom. The lowest BCUT2D eigenvalue weighted by molar-refractivity contribution is 0.759. The summed E-state index contributed by atoms with van der Waals surface area (Å²) in [7, 11) is 0. The molecule has 0 bridgehead atoms. The van der Waals surface area contributed by atoms with E-state index in [0.717, 1.165) is 13.1 Å². The number of hydrogen-bond donors (Lipinski definition) is 1. The second-order valence-electron chi connectivity index (χ2n) is 6.08. The average molecular weight is 278 g/mol. The van der Waals surface area contributed by atoms with Crippen molar-refractivity contribution in [3.8, 4) is 0 Å². The second-order valence-corrected chi connectivity index (χ2v) is 6.08. The molecular weight excluding hydrogens is 256 g/mol. The molecule has 2 aliphatic rings. The van der Waals surface area contributed by atoms with E-state index in [2.05, 4.69) is 52.7 Å². The van der Waals surface area contributed by atoms with E-state index in [1.807, 2.05) is 0 Å². The van der Waals surface area contributed by atoms with Gasteiger partial charge in [-0.25, -0.2) is 0 Å². The molecule has 0 saturated heterocycles. The Kier molecular flexibility index (Phi) is 3.30. The predicted octanol–water partition coefficient (Wildman–Crippen LogP) is 4.52. The Morgan fingerprint density at radius 2 is 1.57 bits per heavy atom. The average Bonchev–Trinajstić information content (AvgIpc) is 2.77. The fourth-order valence-electron chi connectivity index (χ4n) is 3.66. The standard InChI is InChI=1S/C19H22N2/c1-2-11-17-15(7-1)8-3-4-14-21(17)18-12-5-9-16-10-6-13-20-19(16)18/h1-2,5,7,9,11-12,20H,3-4,6,8,10,13-14H2. The molecule has 0 radical (unpaired) electrons. The number of nitrogens with zero attached hydrogens (tertiary/aromatic N) is 1. The van der Waals surface area contributed by atoms with Crippen molar-refractivity contribution < 1.29 is 0 Å². The van der Waals surface area contributed by atoms with Gasteiger partial charge in [-0.15, -0.1) is 0 Å². The van der Waals surface area contributed by atoms with Gasteiger partial charge in [0.05, 0.1) is 11.4 Å². The van der Waals surface area contributed by atoms with Gasteiger partial charge in [-0.3, -0.25) is 0 Å². The molecule has 0 fully saturated rings. The highest BCUT2D eigenvalue weighted by molar-refractivity contribution is 5.80. The van der Waals surface area contributed by atoms with Gasteiger partial charge in [-0.05, 0) is 55.4 Å². The van der Waals surface area contributed by atoms with Gasteiger partial charge in [-0.1, -0.05) is 30.3 Å². The van der Waals surface area contributed by atoms with Crippen molar-refractivity contribution >= 4 is 17.1 Å². The Balaban J connectivity index is 1.83. The lowest BCUT2D eigenvalue weighted by atomic mass is 10.0. The number of para-hydroxylation sites is 2. The third kappa shape index (κ3) is 2.29. The smallest absolute Gasteiger partial charge is 0.0649 e. The van der Waals surface area contributed by atoms with Crippen LogP contribution in [0.15, 0.2) is 42.5 Å². The summed E-state index contributed by atoms with van der Waals surface area (Å²) in [4.78, 5) is 2.53. The lowest BCUT2D eigenvalue weighted by Crippen LogP contribution is -2.22. The summed E-state index contributed by atoms with van der Waals surface area (Å²) in [6, 6.07) is 15.7. The largest absolute Gasteiger partial charge is 0.383 e. The second kappa shape index (κ2) is 5.44. The Bertz CT molecular complexity index is 648. The van der Waals surface area contributed by atoms with Crippen molar-refractivity contribution in [3.05, 3.63) is 53.6 Å². The summed E-state index contributed by atoms with van der Waals surface area (Å²) in [6.07, 6.45) is 6.20. The minimum absolute atomic E-state index is 1.10. The van der Waals surface area contributed by atoms with Crippen LogP contribution in [-0.2, 0) is 12.8 Å². The van der Waals surface area contributed by atoms with Crippen molar-refractivity contribution in [2.24, 2.45) is 0 Å². The molecule has 21 heavy (non-hydrogen) atoms. The van der Waals surface area contributed by atoms with Crippen LogP contribution in [0.25, 0.3) is 0 Å². The highest BCUT2D eigenvalue weighted by Crippen LogP contribution is 2.39. The topological polar surface area (TPSA) is 15.3 Å². The monoisotopic (exact) mass is 278 g/mol. The zero-order chi connectivity index (χ0) is 14.1. The number of benzene rings is 2. The molecule has 0 unspecified atom stereocenters. The van der Waals surface area contributed by atoms with E-state index in [1.165, 1.54) is 60.3 Å². The molecule has 0 amide bonds. The zero-order valence-electron chi connectivity index (χ0n) is 12.4. The van der Waals surface area contributed by atoms with E-state index < -0.39 is 0 Å². The highest BCUT2D eigenvalue weighted by atomic mass is 15.2. The van der Waals surface area contributed by atoms with E-state index in [0.29, 0.717) is 0 Å². The summed E-state index contributed by atoms with van der Waals surface area (Å²) in [5.74, 6) is 0. The van der Waals surface area contributed by atoms with Crippen molar-refractivity contribution in [1.29, 1.82) is 0 Å². The first-order valence-electron chi connectivity index (χ1n) is 8.15. The van der Waals surface area contributed by atoms with E-state index in [4.69, 9.17) is 0 Å². The van der Waals surface area contributed by atoms with Crippen LogP contribution < -0.4 is 10.2 Å². The maximum absolute atomic E-state index is 3.64. The normalized spacial score (nSPS) is 17.4. The molecule has 2 heterocycles. The summed E-state index contributed by atoms with van der Waals surface area (Å²) >= 11 is 0. The minimum Gasteiger partial charge on any atom is -0.383 e. The van der Waals surface area contributed by atoms with Gasteiger partial charge < -0.3 is 10.2 Å². The van der Waals surface area contributed by atoms with Crippen LogP contribution in [-0.4, -0.2) is 13.1 Å². The van der Waals surface area contributed by atoms with Crippen LogP contribution in [0.1, 0.15) is 30.4 Å². The number of anilines is 3. The van der Waals surface area contributed by atoms with Gasteiger partial charge in [0.15, 0.2) is 0 Å². The minimum atomic E-state index is 1.10. The van der Waals surface area contributed by atoms with Crippen LogP contribution in [0.4, 0.5) is 17.1 Å². The van der Waals surface area contributed by atoms with Gasteiger partial charge in [0.2, 0.25) is 0 Å². The first-order chi connectivity index (χ1) is 10.4. The zero-order valence-corrected chi connectivity index (χ0v) is 12.4. The van der Waals surface area contributed by atoms with E-state index in [9.17, 15) is 0 Å². The fraction of sp³-hybridized carbons (Fsp3) is 0.368. The molecule has 1 N–H and O–H groups in total. The molecule has 0 atom stereocenters. The van der Waals surface area contributed by atoms with Crippen LogP contribution in [0.5, 0.6) is 0 Å². The molecule has 0 saturated carbocycles. The van der Waals surface area contributed by atoms with Crippen molar-refractivity contribution in [1.82, 2.24) is 0 Å². The first kappa shape index (κ1) is 12.8. The summed E-state index contributed by atoms with van der Waals surface area (Å²) in [5, 5.41) is 3.64. The van der Waals surface area contributed by atoms with Gasteiger partial charge in [0.25, 0.3) is 0 Å². The SMILES string of the molecule is c1ccc2c(c1)CCCCN2c1cccc2c1NCCC2. The molecule has 108 valence electrons. The molecule has 2 aliphatic heterocycles. The molecule has 0 aliphatic carbocycles. The molecule has 2 nitrogen and oxygen atoms in total. The molecule has 4 rings (SSSR count). The number of hydrogen-bond acceptors (Lipinski definition) is 2. The molecule has 2 heteroatoms. The maximum atomic E-state index is 3.64. The molecule has 0 aromatic heterocycles. The Morgan fingerprint density at radius 3 is 2.57 bits per heavy atom. The maximum Gasteiger partial charge on any atom is 0.0649 e. The van der Waals surface area contributed by atoms with Crippen molar-refractivity contribution in [3.63, 3.8) is 0 Å². The lowest BCUT2D eigenvalue weighted by Gasteiger charge is -2.30. The number of rotatable bonds is 1. The summed E-state index contributed by atoms with van der Waals surface area (Å²) in [6.45, 7) is 2.22. The van der Waals surface area contributed by atoms with Crippen LogP contribution >= 0.6 is 0 Å². The highest BCUT2D eigenvalue weighted by Gasteiger charge is 2.21. The van der Waals surface area contributed by atoms with E-state index >= 15 is 0 Å². The molecule has 0 spiro atoms.